The van der Waals surface area contributed by atoms with Crippen molar-refractivity contribution in [2.75, 3.05) is 0 Å². The van der Waals surface area contributed by atoms with Gasteiger partial charge in [0.15, 0.2) is 0 Å². The summed E-state index contributed by atoms with van der Waals surface area (Å²) in [4.78, 5) is 12.4. The first-order chi connectivity index (χ1) is 7.97. The second kappa shape index (κ2) is 4.84. The third-order valence-corrected chi connectivity index (χ3v) is 3.78. The third-order valence-electron chi connectivity index (χ3n) is 3.78. The Morgan fingerprint density at radius 2 is 1.72 bits per heavy atom. The average molecular weight is 255 g/mol. The second-order valence-electron chi connectivity index (χ2n) is 7.71. The van der Waals surface area contributed by atoms with E-state index >= 15 is 0 Å². The van der Waals surface area contributed by atoms with E-state index in [0.717, 1.165) is 25.7 Å². The van der Waals surface area contributed by atoms with Gasteiger partial charge in [-0.3, -0.25) is 4.79 Å². The molecular formula is C15H29NO2. The van der Waals surface area contributed by atoms with Crippen molar-refractivity contribution >= 4 is 5.97 Å². The van der Waals surface area contributed by atoms with Gasteiger partial charge < -0.3 is 10.5 Å². The molecule has 0 radical (unpaired) electrons. The van der Waals surface area contributed by atoms with Crippen LogP contribution in [0.1, 0.15) is 67.2 Å². The van der Waals surface area contributed by atoms with Gasteiger partial charge in [-0.15, -0.1) is 0 Å². The van der Waals surface area contributed by atoms with Crippen LogP contribution in [-0.2, 0) is 9.53 Å². The monoisotopic (exact) mass is 255 g/mol. The molecule has 3 heteroatoms. The molecular weight excluding hydrogens is 226 g/mol. The van der Waals surface area contributed by atoms with Crippen molar-refractivity contribution in [3.63, 3.8) is 0 Å². The fraction of sp³-hybridized carbons (Fsp3) is 0.933. The van der Waals surface area contributed by atoms with Crippen molar-refractivity contribution in [1.29, 1.82) is 0 Å². The predicted molar refractivity (Wildman–Crippen MR) is 74.2 cm³/mol. The Balaban J connectivity index is 2.95. The van der Waals surface area contributed by atoms with E-state index in [-0.39, 0.29) is 17.3 Å². The molecule has 1 fully saturated rings. The Labute approximate surface area is 111 Å². The van der Waals surface area contributed by atoms with Crippen LogP contribution in [0.4, 0.5) is 0 Å². The topological polar surface area (TPSA) is 52.3 Å². The van der Waals surface area contributed by atoms with Crippen LogP contribution in [0.25, 0.3) is 0 Å². The second-order valence-corrected chi connectivity index (χ2v) is 7.71. The van der Waals surface area contributed by atoms with Crippen LogP contribution < -0.4 is 5.73 Å². The number of ether oxygens (including phenoxy) is 1. The van der Waals surface area contributed by atoms with Crippen LogP contribution in [0, 0.1) is 11.3 Å². The van der Waals surface area contributed by atoms with Crippen molar-refractivity contribution in [2.24, 2.45) is 17.1 Å². The number of rotatable bonds is 1. The molecule has 0 unspecified atom stereocenters. The quantitative estimate of drug-likeness (QED) is 0.732. The highest BCUT2D eigenvalue weighted by atomic mass is 16.6. The van der Waals surface area contributed by atoms with Crippen LogP contribution in [0.15, 0.2) is 0 Å². The van der Waals surface area contributed by atoms with Crippen LogP contribution in [-0.4, -0.2) is 17.1 Å². The standard InChI is InChI=1S/C15H29NO2/c1-13(2,3)11-9-7-8-10-15(11,16)12(17)18-14(4,5)6/h11H,7-10,16H2,1-6H3/t11-,15-/m1/s1. The molecule has 0 bridgehead atoms. The molecule has 0 aromatic rings. The van der Waals surface area contributed by atoms with E-state index in [1.165, 1.54) is 0 Å². The van der Waals surface area contributed by atoms with E-state index in [9.17, 15) is 4.79 Å². The summed E-state index contributed by atoms with van der Waals surface area (Å²) >= 11 is 0. The van der Waals surface area contributed by atoms with Gasteiger partial charge in [-0.05, 0) is 44.9 Å². The highest BCUT2D eigenvalue weighted by molar-refractivity contribution is 5.81. The van der Waals surface area contributed by atoms with E-state index < -0.39 is 11.1 Å². The molecule has 0 aromatic heterocycles. The fourth-order valence-electron chi connectivity index (χ4n) is 3.02. The van der Waals surface area contributed by atoms with E-state index in [2.05, 4.69) is 20.8 Å². The first-order valence-electron chi connectivity index (χ1n) is 6.99. The smallest absolute Gasteiger partial charge is 0.326 e. The van der Waals surface area contributed by atoms with E-state index in [1.807, 2.05) is 20.8 Å². The molecule has 1 aliphatic rings. The zero-order chi connectivity index (χ0) is 14.2. The third kappa shape index (κ3) is 3.47. The van der Waals surface area contributed by atoms with Crippen LogP contribution in [0.2, 0.25) is 0 Å². The molecule has 0 aromatic carbocycles. The van der Waals surface area contributed by atoms with Gasteiger partial charge in [-0.25, -0.2) is 0 Å². The molecule has 1 rings (SSSR count). The molecule has 0 heterocycles. The summed E-state index contributed by atoms with van der Waals surface area (Å²) in [6, 6.07) is 0. The van der Waals surface area contributed by atoms with Gasteiger partial charge in [0.2, 0.25) is 0 Å². The highest BCUT2D eigenvalue weighted by Gasteiger charge is 2.50. The molecule has 0 saturated heterocycles. The number of hydrogen-bond donors (Lipinski definition) is 1. The molecule has 2 atom stereocenters. The van der Waals surface area contributed by atoms with Gasteiger partial charge >= 0.3 is 5.97 Å². The highest BCUT2D eigenvalue weighted by Crippen LogP contribution is 2.44. The average Bonchev–Trinajstić information content (AvgIpc) is 2.13. The zero-order valence-corrected chi connectivity index (χ0v) is 12.8. The van der Waals surface area contributed by atoms with Gasteiger partial charge in [0, 0.05) is 0 Å². The maximum Gasteiger partial charge on any atom is 0.326 e. The predicted octanol–water partition coefficient (Wildman–Crippen LogP) is 3.26. The van der Waals surface area contributed by atoms with E-state index in [0.29, 0.717) is 0 Å². The minimum Gasteiger partial charge on any atom is -0.459 e. The molecule has 1 aliphatic carbocycles. The summed E-state index contributed by atoms with van der Waals surface area (Å²) in [5, 5.41) is 0. The van der Waals surface area contributed by atoms with Crippen LogP contribution in [0.3, 0.4) is 0 Å². The Morgan fingerprint density at radius 3 is 2.17 bits per heavy atom. The van der Waals surface area contributed by atoms with Gasteiger partial charge in [0.1, 0.15) is 11.1 Å². The molecule has 106 valence electrons. The molecule has 18 heavy (non-hydrogen) atoms. The van der Waals surface area contributed by atoms with Crippen molar-refractivity contribution in [1.82, 2.24) is 0 Å². The van der Waals surface area contributed by atoms with Crippen molar-refractivity contribution in [3.8, 4) is 0 Å². The van der Waals surface area contributed by atoms with Gasteiger partial charge in [0.05, 0.1) is 0 Å². The lowest BCUT2D eigenvalue weighted by Gasteiger charge is -2.46. The zero-order valence-electron chi connectivity index (χ0n) is 12.8. The number of hydrogen-bond acceptors (Lipinski definition) is 3. The molecule has 0 aliphatic heterocycles. The lowest BCUT2D eigenvalue weighted by atomic mass is 9.62. The van der Waals surface area contributed by atoms with Gasteiger partial charge in [0.25, 0.3) is 0 Å². The SMILES string of the molecule is CC(C)(C)OC(=O)[C@@]1(N)CCCC[C@@H]1C(C)(C)C. The molecule has 2 N–H and O–H groups in total. The lowest BCUT2D eigenvalue weighted by molar-refractivity contribution is -0.168. The van der Waals surface area contributed by atoms with Crippen molar-refractivity contribution in [3.05, 3.63) is 0 Å². The van der Waals surface area contributed by atoms with Gasteiger partial charge in [-0.2, -0.15) is 0 Å². The summed E-state index contributed by atoms with van der Waals surface area (Å²) in [5.74, 6) is -0.0387. The van der Waals surface area contributed by atoms with E-state index in [4.69, 9.17) is 10.5 Å². The Morgan fingerprint density at radius 1 is 1.17 bits per heavy atom. The summed E-state index contributed by atoms with van der Waals surface area (Å²) in [6.07, 6.45) is 3.93. The fourth-order valence-corrected chi connectivity index (χ4v) is 3.02. The lowest BCUT2D eigenvalue weighted by Crippen LogP contribution is -2.60. The first kappa shape index (κ1) is 15.5. The number of nitrogens with two attached hydrogens (primary N) is 1. The number of carbonyl (C=O) groups excluding carboxylic acids is 1. The number of carbonyl (C=O) groups is 1. The first-order valence-corrected chi connectivity index (χ1v) is 6.99. The normalized spacial score (nSPS) is 30.1. The number of esters is 1. The maximum absolute atomic E-state index is 12.4. The van der Waals surface area contributed by atoms with Crippen molar-refractivity contribution < 1.29 is 9.53 Å². The molecule has 1 saturated carbocycles. The molecule has 0 spiro atoms. The summed E-state index contributed by atoms with van der Waals surface area (Å²) in [5.41, 5.74) is 5.21. The molecule has 3 nitrogen and oxygen atoms in total. The van der Waals surface area contributed by atoms with Crippen LogP contribution >= 0.6 is 0 Å². The Bertz CT molecular complexity index is 311. The van der Waals surface area contributed by atoms with Crippen molar-refractivity contribution in [2.45, 2.75) is 78.4 Å². The minimum absolute atomic E-state index is 0.0338. The van der Waals surface area contributed by atoms with Crippen LogP contribution in [0.5, 0.6) is 0 Å². The maximum atomic E-state index is 12.4. The van der Waals surface area contributed by atoms with Gasteiger partial charge in [-0.1, -0.05) is 33.6 Å². The summed E-state index contributed by atoms with van der Waals surface area (Å²) in [7, 11) is 0. The summed E-state index contributed by atoms with van der Waals surface area (Å²) in [6.45, 7) is 12.2. The van der Waals surface area contributed by atoms with E-state index in [1.54, 1.807) is 0 Å². The Hall–Kier alpha value is -0.570. The molecule has 0 amide bonds. The summed E-state index contributed by atoms with van der Waals surface area (Å²) < 4.78 is 5.54. The Kier molecular flexibility index (Phi) is 4.16. The minimum atomic E-state index is -0.816. The largest absolute Gasteiger partial charge is 0.459 e.